The van der Waals surface area contributed by atoms with Gasteiger partial charge in [0.2, 0.25) is 0 Å². The SMILES string of the molecule is Cn1ncc2c1C(c1cc3cccc(F)c3nn1)=NC(C)(C)C2(F)F. The van der Waals surface area contributed by atoms with Gasteiger partial charge in [-0.1, -0.05) is 12.1 Å². The molecule has 0 saturated heterocycles. The lowest BCUT2D eigenvalue weighted by Crippen LogP contribution is -2.44. The molecule has 0 bridgehead atoms. The van der Waals surface area contributed by atoms with E-state index in [0.29, 0.717) is 11.1 Å². The third-order valence-electron chi connectivity index (χ3n) is 4.47. The molecule has 5 nitrogen and oxygen atoms in total. The lowest BCUT2D eigenvalue weighted by atomic mass is 9.85. The molecule has 1 aliphatic heterocycles. The fourth-order valence-electron chi connectivity index (χ4n) is 3.01. The van der Waals surface area contributed by atoms with Crippen molar-refractivity contribution < 1.29 is 13.2 Å². The molecule has 8 heteroatoms. The van der Waals surface area contributed by atoms with Gasteiger partial charge in [0.25, 0.3) is 0 Å². The Morgan fingerprint density at radius 2 is 1.88 bits per heavy atom. The van der Waals surface area contributed by atoms with Crippen LogP contribution in [0.1, 0.15) is 30.8 Å². The van der Waals surface area contributed by atoms with Crippen LogP contribution in [0.2, 0.25) is 0 Å². The Balaban J connectivity index is 1.99. The van der Waals surface area contributed by atoms with Gasteiger partial charge < -0.3 is 0 Å². The standard InChI is InChI=1S/C17H14F3N5/c1-16(2)17(19,20)10-8-21-25(3)15(10)14(22-16)12-7-9-5-4-6-11(18)13(9)24-23-12/h4-8H,1-3H3. The number of benzene rings is 1. The van der Waals surface area contributed by atoms with E-state index in [1.807, 2.05) is 0 Å². The Hall–Kier alpha value is -2.77. The second kappa shape index (κ2) is 4.87. The maximum Gasteiger partial charge on any atom is 0.300 e. The summed E-state index contributed by atoms with van der Waals surface area (Å²) in [5, 5.41) is 12.4. The van der Waals surface area contributed by atoms with Crippen LogP contribution in [0.25, 0.3) is 10.9 Å². The van der Waals surface area contributed by atoms with Crippen molar-refractivity contribution in [2.24, 2.45) is 12.0 Å². The van der Waals surface area contributed by atoms with Crippen LogP contribution in [-0.2, 0) is 13.0 Å². The smallest absolute Gasteiger partial charge is 0.268 e. The first kappa shape index (κ1) is 15.7. The van der Waals surface area contributed by atoms with Gasteiger partial charge in [-0.2, -0.15) is 13.9 Å². The van der Waals surface area contributed by atoms with E-state index >= 15 is 0 Å². The number of hydrogen-bond acceptors (Lipinski definition) is 4. The average molecular weight is 345 g/mol. The van der Waals surface area contributed by atoms with E-state index in [4.69, 9.17) is 0 Å². The van der Waals surface area contributed by atoms with Gasteiger partial charge in [-0.3, -0.25) is 9.67 Å². The molecular weight excluding hydrogens is 331 g/mol. The van der Waals surface area contributed by atoms with Gasteiger partial charge in [-0.15, -0.1) is 10.2 Å². The summed E-state index contributed by atoms with van der Waals surface area (Å²) < 4.78 is 44.6. The lowest BCUT2D eigenvalue weighted by molar-refractivity contribution is -0.0683. The highest BCUT2D eigenvalue weighted by Crippen LogP contribution is 2.46. The van der Waals surface area contributed by atoms with E-state index in [0.717, 1.165) is 6.20 Å². The van der Waals surface area contributed by atoms with Crippen molar-refractivity contribution in [3.05, 3.63) is 53.2 Å². The van der Waals surface area contributed by atoms with Gasteiger partial charge in [-0.05, 0) is 26.0 Å². The molecule has 0 fully saturated rings. The molecule has 128 valence electrons. The first-order chi connectivity index (χ1) is 11.7. The molecule has 3 aromatic rings. The van der Waals surface area contributed by atoms with E-state index in [-0.39, 0.29) is 22.5 Å². The van der Waals surface area contributed by atoms with Crippen molar-refractivity contribution in [3.63, 3.8) is 0 Å². The van der Waals surface area contributed by atoms with Gasteiger partial charge in [0, 0.05) is 12.4 Å². The molecule has 0 amide bonds. The molecule has 0 atom stereocenters. The average Bonchev–Trinajstić information content (AvgIpc) is 2.94. The lowest BCUT2D eigenvalue weighted by Gasteiger charge is -2.35. The molecule has 0 radical (unpaired) electrons. The highest BCUT2D eigenvalue weighted by atomic mass is 19.3. The van der Waals surface area contributed by atoms with Gasteiger partial charge in [0.15, 0.2) is 5.82 Å². The summed E-state index contributed by atoms with van der Waals surface area (Å²) in [6.07, 6.45) is 1.15. The first-order valence-electron chi connectivity index (χ1n) is 7.65. The molecule has 2 aromatic heterocycles. The van der Waals surface area contributed by atoms with Crippen LogP contribution in [0, 0.1) is 5.82 Å². The van der Waals surface area contributed by atoms with Crippen molar-refractivity contribution in [1.82, 2.24) is 20.0 Å². The number of rotatable bonds is 1. The number of halogens is 3. The topological polar surface area (TPSA) is 56.0 Å². The van der Waals surface area contributed by atoms with Gasteiger partial charge in [0.1, 0.15) is 22.5 Å². The minimum absolute atomic E-state index is 0.123. The van der Waals surface area contributed by atoms with Gasteiger partial charge >= 0.3 is 5.92 Å². The molecular formula is C17H14F3N5. The predicted octanol–water partition coefficient (Wildman–Crippen LogP) is 3.22. The Morgan fingerprint density at radius 3 is 2.64 bits per heavy atom. The third kappa shape index (κ3) is 2.09. The van der Waals surface area contributed by atoms with Gasteiger partial charge in [-0.25, -0.2) is 4.39 Å². The minimum Gasteiger partial charge on any atom is -0.268 e. The van der Waals surface area contributed by atoms with Crippen molar-refractivity contribution in [3.8, 4) is 0 Å². The molecule has 3 heterocycles. The molecule has 1 aliphatic rings. The van der Waals surface area contributed by atoms with E-state index in [1.54, 1.807) is 25.2 Å². The highest BCUT2D eigenvalue weighted by Gasteiger charge is 2.54. The molecule has 0 N–H and O–H groups in total. The summed E-state index contributed by atoms with van der Waals surface area (Å²) in [5.41, 5.74) is -0.995. The van der Waals surface area contributed by atoms with E-state index in [1.165, 1.54) is 24.6 Å². The number of alkyl halides is 2. The first-order valence-corrected chi connectivity index (χ1v) is 7.65. The number of aryl methyl sites for hydroxylation is 1. The Bertz CT molecular complexity index is 1040. The van der Waals surface area contributed by atoms with Gasteiger partial charge in [0.05, 0.1) is 17.5 Å². The largest absolute Gasteiger partial charge is 0.300 e. The van der Waals surface area contributed by atoms with E-state index in [2.05, 4.69) is 20.3 Å². The molecule has 0 saturated carbocycles. The number of aromatic nitrogens is 4. The summed E-state index contributed by atoms with van der Waals surface area (Å²) in [5.74, 6) is -3.66. The molecule has 25 heavy (non-hydrogen) atoms. The van der Waals surface area contributed by atoms with Crippen LogP contribution < -0.4 is 0 Å². The van der Waals surface area contributed by atoms with Crippen LogP contribution in [-0.4, -0.2) is 31.2 Å². The fourth-order valence-corrected chi connectivity index (χ4v) is 3.01. The fraction of sp³-hybridized carbons (Fsp3) is 0.294. The number of nitrogens with zero attached hydrogens (tertiary/aromatic N) is 5. The third-order valence-corrected chi connectivity index (χ3v) is 4.47. The highest BCUT2D eigenvalue weighted by molar-refractivity contribution is 6.13. The molecule has 1 aromatic carbocycles. The quantitative estimate of drug-likeness (QED) is 0.680. The van der Waals surface area contributed by atoms with Crippen LogP contribution in [0.4, 0.5) is 13.2 Å². The van der Waals surface area contributed by atoms with Crippen molar-refractivity contribution in [1.29, 1.82) is 0 Å². The second-order valence-electron chi connectivity index (χ2n) is 6.53. The van der Waals surface area contributed by atoms with Crippen molar-refractivity contribution >= 4 is 16.6 Å². The minimum atomic E-state index is -3.17. The summed E-state index contributed by atoms with van der Waals surface area (Å²) >= 11 is 0. The molecule has 0 aliphatic carbocycles. The molecule has 4 rings (SSSR count). The molecule has 0 spiro atoms. The summed E-state index contributed by atoms with van der Waals surface area (Å²) in [4.78, 5) is 4.25. The van der Waals surface area contributed by atoms with Crippen LogP contribution in [0.5, 0.6) is 0 Å². The van der Waals surface area contributed by atoms with Crippen molar-refractivity contribution in [2.45, 2.75) is 25.3 Å². The van der Waals surface area contributed by atoms with Crippen LogP contribution >= 0.6 is 0 Å². The normalized spacial score (nSPS) is 18.1. The Kier molecular flexibility index (Phi) is 3.07. The number of fused-ring (bicyclic) bond motifs is 2. The summed E-state index contributed by atoms with van der Waals surface area (Å²) in [6, 6.07) is 6.13. The number of aliphatic imine (C=N–C) groups is 1. The molecule has 0 unspecified atom stereocenters. The number of hydrogen-bond donors (Lipinski definition) is 0. The Labute approximate surface area is 141 Å². The zero-order chi connectivity index (χ0) is 18.0. The summed E-state index contributed by atoms with van der Waals surface area (Å²) in [7, 11) is 1.57. The van der Waals surface area contributed by atoms with Crippen LogP contribution in [0.3, 0.4) is 0 Å². The van der Waals surface area contributed by atoms with E-state index < -0.39 is 17.3 Å². The summed E-state index contributed by atoms with van der Waals surface area (Å²) in [6.45, 7) is 2.72. The maximum absolute atomic E-state index is 14.7. The Morgan fingerprint density at radius 1 is 1.12 bits per heavy atom. The maximum atomic E-state index is 14.7. The van der Waals surface area contributed by atoms with Crippen LogP contribution in [0.15, 0.2) is 35.5 Å². The second-order valence-corrected chi connectivity index (χ2v) is 6.53. The van der Waals surface area contributed by atoms with E-state index in [9.17, 15) is 13.2 Å². The predicted molar refractivity (Wildman–Crippen MR) is 86.3 cm³/mol. The zero-order valence-electron chi connectivity index (χ0n) is 13.8. The van der Waals surface area contributed by atoms with Crippen molar-refractivity contribution in [2.75, 3.05) is 0 Å². The zero-order valence-corrected chi connectivity index (χ0v) is 13.8. The monoisotopic (exact) mass is 345 g/mol.